The molecule has 1 fully saturated rings. The summed E-state index contributed by atoms with van der Waals surface area (Å²) in [5, 5.41) is 13.0. The SMILES string of the molecule is CCN(CCNC1COc2cc(O)ccc21)C1CC1. The Morgan fingerprint density at radius 3 is 3.00 bits per heavy atom. The minimum atomic E-state index is 0.258. The number of likely N-dealkylation sites (N-methyl/N-ethyl adjacent to an activating group) is 1. The van der Waals surface area contributed by atoms with Crippen LogP contribution in [0.15, 0.2) is 18.2 Å². The van der Waals surface area contributed by atoms with Gasteiger partial charge in [0.2, 0.25) is 0 Å². The Morgan fingerprint density at radius 1 is 1.42 bits per heavy atom. The van der Waals surface area contributed by atoms with E-state index in [9.17, 15) is 5.11 Å². The Balaban J connectivity index is 1.52. The lowest BCUT2D eigenvalue weighted by molar-refractivity contribution is 0.261. The molecule has 2 aliphatic rings. The third-order valence-electron chi connectivity index (χ3n) is 4.04. The van der Waals surface area contributed by atoms with Gasteiger partial charge in [-0.2, -0.15) is 0 Å². The average Bonchev–Trinajstić information content (AvgIpc) is 3.17. The molecule has 1 aliphatic carbocycles. The topological polar surface area (TPSA) is 44.7 Å². The molecule has 0 spiro atoms. The maximum atomic E-state index is 9.42. The summed E-state index contributed by atoms with van der Waals surface area (Å²) < 4.78 is 5.60. The fourth-order valence-electron chi connectivity index (χ4n) is 2.79. The number of nitrogens with one attached hydrogen (secondary N) is 1. The Bertz CT molecular complexity index is 446. The van der Waals surface area contributed by atoms with E-state index >= 15 is 0 Å². The predicted molar refractivity (Wildman–Crippen MR) is 74.6 cm³/mol. The number of fused-ring (bicyclic) bond motifs is 1. The molecule has 1 saturated carbocycles. The maximum Gasteiger partial charge on any atom is 0.127 e. The first kappa shape index (κ1) is 12.8. The van der Waals surface area contributed by atoms with Crippen LogP contribution in [0.5, 0.6) is 11.5 Å². The molecule has 0 aromatic heterocycles. The predicted octanol–water partition coefficient (Wildman–Crippen LogP) is 1.90. The first-order valence-electron chi connectivity index (χ1n) is 7.21. The van der Waals surface area contributed by atoms with Crippen molar-refractivity contribution in [1.82, 2.24) is 10.2 Å². The zero-order valence-corrected chi connectivity index (χ0v) is 11.4. The van der Waals surface area contributed by atoms with E-state index in [-0.39, 0.29) is 11.8 Å². The summed E-state index contributed by atoms with van der Waals surface area (Å²) in [6.45, 7) is 6.12. The molecule has 2 N–H and O–H groups in total. The van der Waals surface area contributed by atoms with Crippen LogP contribution in [0.1, 0.15) is 31.4 Å². The van der Waals surface area contributed by atoms with Gasteiger partial charge in [0, 0.05) is 30.8 Å². The van der Waals surface area contributed by atoms with Crippen LogP contribution in [0, 0.1) is 0 Å². The second kappa shape index (κ2) is 5.39. The molecule has 4 nitrogen and oxygen atoms in total. The first-order chi connectivity index (χ1) is 9.28. The van der Waals surface area contributed by atoms with E-state index in [1.807, 2.05) is 6.07 Å². The standard InChI is InChI=1S/C15H22N2O2/c1-2-17(11-3-4-11)8-7-16-14-10-19-15-9-12(18)5-6-13(14)15/h5-6,9,11,14,16,18H,2-4,7-8,10H2,1H3. The van der Waals surface area contributed by atoms with Gasteiger partial charge in [-0.25, -0.2) is 0 Å². The number of phenolic OH excluding ortho intramolecular Hbond substituents is 1. The van der Waals surface area contributed by atoms with Crippen molar-refractivity contribution in [2.24, 2.45) is 0 Å². The van der Waals surface area contributed by atoms with Gasteiger partial charge in [-0.05, 0) is 31.5 Å². The van der Waals surface area contributed by atoms with E-state index in [4.69, 9.17) is 4.74 Å². The summed E-state index contributed by atoms with van der Waals surface area (Å²) in [7, 11) is 0. The van der Waals surface area contributed by atoms with E-state index in [1.165, 1.54) is 12.8 Å². The molecule has 0 saturated heterocycles. The lowest BCUT2D eigenvalue weighted by Crippen LogP contribution is -2.35. The fraction of sp³-hybridized carbons (Fsp3) is 0.600. The molecule has 1 aromatic rings. The molecule has 0 amide bonds. The minimum Gasteiger partial charge on any atom is -0.508 e. The molecule has 0 bridgehead atoms. The number of phenols is 1. The molecule has 0 radical (unpaired) electrons. The van der Waals surface area contributed by atoms with E-state index in [0.717, 1.165) is 37.0 Å². The van der Waals surface area contributed by atoms with Crippen LogP contribution >= 0.6 is 0 Å². The van der Waals surface area contributed by atoms with Gasteiger partial charge in [-0.15, -0.1) is 0 Å². The van der Waals surface area contributed by atoms with Crippen molar-refractivity contribution in [3.8, 4) is 11.5 Å². The quantitative estimate of drug-likeness (QED) is 0.822. The van der Waals surface area contributed by atoms with Gasteiger partial charge in [-0.1, -0.05) is 6.92 Å². The number of hydrogen-bond acceptors (Lipinski definition) is 4. The van der Waals surface area contributed by atoms with Crippen LogP contribution in [-0.4, -0.2) is 42.3 Å². The van der Waals surface area contributed by atoms with Gasteiger partial charge in [0.15, 0.2) is 0 Å². The van der Waals surface area contributed by atoms with Gasteiger partial charge >= 0.3 is 0 Å². The lowest BCUT2D eigenvalue weighted by atomic mass is 10.1. The summed E-state index contributed by atoms with van der Waals surface area (Å²) >= 11 is 0. The van der Waals surface area contributed by atoms with E-state index in [2.05, 4.69) is 17.1 Å². The largest absolute Gasteiger partial charge is 0.508 e. The number of rotatable bonds is 6. The highest BCUT2D eigenvalue weighted by atomic mass is 16.5. The zero-order chi connectivity index (χ0) is 13.2. The minimum absolute atomic E-state index is 0.258. The molecule has 1 heterocycles. The van der Waals surface area contributed by atoms with Gasteiger partial charge < -0.3 is 15.2 Å². The van der Waals surface area contributed by atoms with Crippen molar-refractivity contribution in [2.75, 3.05) is 26.2 Å². The Morgan fingerprint density at radius 2 is 2.26 bits per heavy atom. The number of nitrogens with zero attached hydrogens (tertiary/aromatic N) is 1. The molecule has 4 heteroatoms. The number of hydrogen-bond donors (Lipinski definition) is 2. The summed E-state index contributed by atoms with van der Waals surface area (Å²) in [6.07, 6.45) is 2.73. The first-order valence-corrected chi connectivity index (χ1v) is 7.21. The van der Waals surface area contributed by atoms with Gasteiger partial charge in [0.25, 0.3) is 0 Å². The van der Waals surface area contributed by atoms with E-state index < -0.39 is 0 Å². The highest BCUT2D eigenvalue weighted by Gasteiger charge is 2.28. The zero-order valence-electron chi connectivity index (χ0n) is 11.4. The molecule has 3 rings (SSSR count). The molecule has 1 aliphatic heterocycles. The number of aromatic hydroxyl groups is 1. The molecule has 1 unspecified atom stereocenters. The van der Waals surface area contributed by atoms with E-state index in [0.29, 0.717) is 6.61 Å². The molecule has 19 heavy (non-hydrogen) atoms. The van der Waals surface area contributed by atoms with Crippen LogP contribution in [-0.2, 0) is 0 Å². The summed E-state index contributed by atoms with van der Waals surface area (Å²) in [5.41, 5.74) is 1.16. The molecule has 1 aromatic carbocycles. The second-order valence-electron chi connectivity index (χ2n) is 5.40. The van der Waals surface area contributed by atoms with Crippen molar-refractivity contribution in [1.29, 1.82) is 0 Å². The monoisotopic (exact) mass is 262 g/mol. The summed E-state index contributed by atoms with van der Waals surface area (Å²) in [4.78, 5) is 2.54. The Hall–Kier alpha value is -1.26. The van der Waals surface area contributed by atoms with Gasteiger partial charge in [0.05, 0.1) is 6.04 Å². The third-order valence-corrected chi connectivity index (χ3v) is 4.04. The second-order valence-corrected chi connectivity index (χ2v) is 5.40. The Kier molecular flexibility index (Phi) is 3.62. The highest BCUT2D eigenvalue weighted by molar-refractivity contribution is 5.44. The van der Waals surface area contributed by atoms with Crippen LogP contribution in [0.2, 0.25) is 0 Å². The number of ether oxygens (including phenoxy) is 1. The van der Waals surface area contributed by atoms with Crippen molar-refractivity contribution in [3.63, 3.8) is 0 Å². The smallest absolute Gasteiger partial charge is 0.127 e. The van der Waals surface area contributed by atoms with Crippen molar-refractivity contribution in [3.05, 3.63) is 23.8 Å². The summed E-state index contributed by atoms with van der Waals surface area (Å²) in [5.74, 6) is 1.08. The fourth-order valence-corrected chi connectivity index (χ4v) is 2.79. The van der Waals surface area contributed by atoms with Crippen molar-refractivity contribution < 1.29 is 9.84 Å². The lowest BCUT2D eigenvalue weighted by Gasteiger charge is -2.21. The van der Waals surface area contributed by atoms with Crippen LogP contribution < -0.4 is 10.1 Å². The maximum absolute atomic E-state index is 9.42. The molecular weight excluding hydrogens is 240 g/mol. The highest BCUT2D eigenvalue weighted by Crippen LogP contribution is 2.34. The molecular formula is C15H22N2O2. The number of benzene rings is 1. The third kappa shape index (κ3) is 2.85. The molecule has 104 valence electrons. The van der Waals surface area contributed by atoms with Crippen molar-refractivity contribution >= 4 is 0 Å². The molecule has 1 atom stereocenters. The van der Waals surface area contributed by atoms with Crippen LogP contribution in [0.3, 0.4) is 0 Å². The van der Waals surface area contributed by atoms with Crippen LogP contribution in [0.25, 0.3) is 0 Å². The van der Waals surface area contributed by atoms with Gasteiger partial charge in [0.1, 0.15) is 18.1 Å². The van der Waals surface area contributed by atoms with Gasteiger partial charge in [-0.3, -0.25) is 4.90 Å². The summed E-state index contributed by atoms with van der Waals surface area (Å²) in [6, 6.07) is 6.46. The van der Waals surface area contributed by atoms with Crippen molar-refractivity contribution in [2.45, 2.75) is 31.8 Å². The normalized spacial score (nSPS) is 21.5. The Labute approximate surface area is 114 Å². The van der Waals surface area contributed by atoms with E-state index in [1.54, 1.807) is 12.1 Å². The average molecular weight is 262 g/mol. The van der Waals surface area contributed by atoms with Crippen LogP contribution in [0.4, 0.5) is 0 Å².